The fourth-order valence-corrected chi connectivity index (χ4v) is 1.69. The number of benzene rings is 1. The summed E-state index contributed by atoms with van der Waals surface area (Å²) in [6.45, 7) is 2.14. The Kier molecular flexibility index (Phi) is 4.49. The minimum atomic E-state index is -0.552. The Morgan fingerprint density at radius 3 is 2.68 bits per heavy atom. The van der Waals surface area contributed by atoms with Crippen molar-refractivity contribution in [3.63, 3.8) is 0 Å². The van der Waals surface area contributed by atoms with Crippen LogP contribution in [0.1, 0.15) is 6.92 Å². The molecular formula is C11H8BrClFN3O2. The van der Waals surface area contributed by atoms with E-state index in [1.165, 1.54) is 12.1 Å². The van der Waals surface area contributed by atoms with Crippen molar-refractivity contribution in [2.24, 2.45) is 0 Å². The molecule has 0 amide bonds. The molecule has 0 radical (unpaired) electrons. The van der Waals surface area contributed by atoms with E-state index in [9.17, 15) is 4.39 Å². The van der Waals surface area contributed by atoms with E-state index in [0.29, 0.717) is 11.1 Å². The second-order valence-corrected chi connectivity index (χ2v) is 4.53. The SMILES string of the molecule is CCOc1nc(Cl)nc(Oc2ccc(Br)cc2F)n1. The highest BCUT2D eigenvalue weighted by molar-refractivity contribution is 9.10. The number of nitrogens with zero attached hydrogens (tertiary/aromatic N) is 3. The molecule has 0 saturated carbocycles. The van der Waals surface area contributed by atoms with Gasteiger partial charge >= 0.3 is 12.0 Å². The van der Waals surface area contributed by atoms with Crippen LogP contribution in [-0.2, 0) is 0 Å². The minimum Gasteiger partial charge on any atom is -0.464 e. The minimum absolute atomic E-state index is 0.0204. The van der Waals surface area contributed by atoms with Crippen molar-refractivity contribution < 1.29 is 13.9 Å². The molecule has 0 fully saturated rings. The van der Waals surface area contributed by atoms with Crippen LogP contribution in [0.2, 0.25) is 5.28 Å². The van der Waals surface area contributed by atoms with Gasteiger partial charge in [-0.3, -0.25) is 0 Å². The number of ether oxygens (including phenoxy) is 2. The Bertz CT molecular complexity index is 600. The molecule has 0 N–H and O–H groups in total. The molecule has 100 valence electrons. The summed E-state index contributed by atoms with van der Waals surface area (Å²) in [7, 11) is 0. The fraction of sp³-hybridized carbons (Fsp3) is 0.182. The van der Waals surface area contributed by atoms with E-state index in [1.807, 2.05) is 0 Å². The quantitative estimate of drug-likeness (QED) is 0.844. The summed E-state index contributed by atoms with van der Waals surface area (Å²) in [5.74, 6) is -0.572. The molecule has 0 atom stereocenters. The van der Waals surface area contributed by atoms with Gasteiger partial charge in [0.15, 0.2) is 11.6 Å². The van der Waals surface area contributed by atoms with Crippen molar-refractivity contribution >= 4 is 27.5 Å². The third-order valence-corrected chi connectivity index (χ3v) is 2.60. The van der Waals surface area contributed by atoms with Crippen molar-refractivity contribution in [2.75, 3.05) is 6.61 Å². The van der Waals surface area contributed by atoms with Gasteiger partial charge in [-0.1, -0.05) is 15.9 Å². The molecule has 19 heavy (non-hydrogen) atoms. The first-order valence-electron chi connectivity index (χ1n) is 5.25. The predicted molar refractivity (Wildman–Crippen MR) is 70.2 cm³/mol. The van der Waals surface area contributed by atoms with E-state index in [2.05, 4.69) is 30.9 Å². The summed E-state index contributed by atoms with van der Waals surface area (Å²) >= 11 is 8.84. The maximum atomic E-state index is 13.6. The van der Waals surface area contributed by atoms with Gasteiger partial charge in [-0.05, 0) is 36.7 Å². The van der Waals surface area contributed by atoms with Gasteiger partial charge in [0.25, 0.3) is 0 Å². The molecule has 0 bridgehead atoms. The number of hydrogen-bond acceptors (Lipinski definition) is 5. The maximum absolute atomic E-state index is 13.6. The molecule has 0 aliphatic rings. The number of aromatic nitrogens is 3. The zero-order valence-corrected chi connectivity index (χ0v) is 12.1. The van der Waals surface area contributed by atoms with Crippen LogP contribution in [0.15, 0.2) is 22.7 Å². The van der Waals surface area contributed by atoms with Crippen LogP contribution in [0.25, 0.3) is 0 Å². The lowest BCUT2D eigenvalue weighted by atomic mass is 10.3. The van der Waals surface area contributed by atoms with Gasteiger partial charge < -0.3 is 9.47 Å². The summed E-state index contributed by atoms with van der Waals surface area (Å²) in [6.07, 6.45) is 0. The zero-order valence-electron chi connectivity index (χ0n) is 9.73. The van der Waals surface area contributed by atoms with E-state index in [1.54, 1.807) is 13.0 Å². The van der Waals surface area contributed by atoms with E-state index >= 15 is 0 Å². The monoisotopic (exact) mass is 347 g/mol. The molecule has 2 rings (SSSR count). The van der Waals surface area contributed by atoms with Crippen LogP contribution in [0.3, 0.4) is 0 Å². The second kappa shape index (κ2) is 6.12. The highest BCUT2D eigenvalue weighted by Crippen LogP contribution is 2.26. The van der Waals surface area contributed by atoms with Crippen LogP contribution < -0.4 is 9.47 Å². The first-order chi connectivity index (χ1) is 9.08. The summed E-state index contributed by atoms with van der Waals surface area (Å²) in [5, 5.41) is -0.0917. The average molecular weight is 349 g/mol. The summed E-state index contributed by atoms with van der Waals surface area (Å²) in [5.41, 5.74) is 0. The summed E-state index contributed by atoms with van der Waals surface area (Å²) in [4.78, 5) is 11.3. The molecule has 1 aromatic heterocycles. The van der Waals surface area contributed by atoms with E-state index < -0.39 is 5.82 Å². The van der Waals surface area contributed by atoms with Crippen LogP contribution in [0.4, 0.5) is 4.39 Å². The molecule has 8 heteroatoms. The van der Waals surface area contributed by atoms with Gasteiger partial charge in [-0.15, -0.1) is 4.98 Å². The Morgan fingerprint density at radius 2 is 2.00 bits per heavy atom. The molecule has 0 unspecified atom stereocenters. The third kappa shape index (κ3) is 3.74. The lowest BCUT2D eigenvalue weighted by Crippen LogP contribution is -2.02. The normalized spacial score (nSPS) is 10.3. The van der Waals surface area contributed by atoms with E-state index in [0.717, 1.165) is 0 Å². The van der Waals surface area contributed by atoms with Crippen molar-refractivity contribution in [3.8, 4) is 17.8 Å². The first-order valence-corrected chi connectivity index (χ1v) is 6.43. The van der Waals surface area contributed by atoms with Gasteiger partial charge in [0.1, 0.15) is 0 Å². The van der Waals surface area contributed by atoms with Crippen molar-refractivity contribution in [1.82, 2.24) is 15.0 Å². The summed E-state index contributed by atoms with van der Waals surface area (Å²) < 4.78 is 24.5. The van der Waals surface area contributed by atoms with Gasteiger partial charge in [-0.25, -0.2) is 4.39 Å². The first kappa shape index (κ1) is 14.0. The molecular weight excluding hydrogens is 340 g/mol. The lowest BCUT2D eigenvalue weighted by molar-refractivity contribution is 0.301. The highest BCUT2D eigenvalue weighted by Gasteiger charge is 2.11. The highest BCUT2D eigenvalue weighted by atomic mass is 79.9. The van der Waals surface area contributed by atoms with Crippen LogP contribution in [-0.4, -0.2) is 21.6 Å². The maximum Gasteiger partial charge on any atom is 0.329 e. The van der Waals surface area contributed by atoms with Gasteiger partial charge in [0, 0.05) is 4.47 Å². The Hall–Kier alpha value is -1.47. The van der Waals surface area contributed by atoms with E-state index in [4.69, 9.17) is 21.1 Å². The fourth-order valence-electron chi connectivity index (χ4n) is 1.21. The van der Waals surface area contributed by atoms with E-state index in [-0.39, 0.29) is 23.1 Å². The molecule has 2 aromatic rings. The summed E-state index contributed by atoms with van der Waals surface area (Å²) in [6, 6.07) is 4.23. The molecule has 0 spiro atoms. The van der Waals surface area contributed by atoms with Crippen LogP contribution >= 0.6 is 27.5 Å². The van der Waals surface area contributed by atoms with Crippen molar-refractivity contribution in [3.05, 3.63) is 33.8 Å². The molecule has 1 aromatic carbocycles. The number of halogens is 3. The van der Waals surface area contributed by atoms with Crippen LogP contribution in [0.5, 0.6) is 17.8 Å². The largest absolute Gasteiger partial charge is 0.464 e. The lowest BCUT2D eigenvalue weighted by Gasteiger charge is -2.06. The predicted octanol–water partition coefficient (Wildman–Crippen LogP) is 3.62. The van der Waals surface area contributed by atoms with Gasteiger partial charge in [0.05, 0.1) is 6.61 Å². The standard InChI is InChI=1S/C11H8BrClFN3O2/c1-2-18-10-15-9(13)16-11(17-10)19-8-4-3-6(12)5-7(8)14/h3-5H,2H2,1H3. The van der Waals surface area contributed by atoms with Gasteiger partial charge in [-0.2, -0.15) is 9.97 Å². The second-order valence-electron chi connectivity index (χ2n) is 3.28. The number of rotatable bonds is 4. The molecule has 0 aliphatic carbocycles. The Morgan fingerprint density at radius 1 is 1.26 bits per heavy atom. The molecule has 1 heterocycles. The van der Waals surface area contributed by atoms with Crippen molar-refractivity contribution in [2.45, 2.75) is 6.92 Å². The van der Waals surface area contributed by atoms with Gasteiger partial charge in [0.2, 0.25) is 5.28 Å². The Labute approximate surface area is 121 Å². The Balaban J connectivity index is 2.27. The smallest absolute Gasteiger partial charge is 0.329 e. The van der Waals surface area contributed by atoms with Crippen molar-refractivity contribution in [1.29, 1.82) is 0 Å². The topological polar surface area (TPSA) is 57.1 Å². The van der Waals surface area contributed by atoms with Crippen LogP contribution in [0, 0.1) is 5.82 Å². The number of hydrogen-bond donors (Lipinski definition) is 0. The molecule has 0 aliphatic heterocycles. The zero-order chi connectivity index (χ0) is 13.8. The molecule has 5 nitrogen and oxygen atoms in total. The third-order valence-electron chi connectivity index (χ3n) is 1.94. The average Bonchev–Trinajstić information content (AvgIpc) is 2.32. The molecule has 0 saturated heterocycles.